The lowest BCUT2D eigenvalue weighted by atomic mass is 10.2. The predicted molar refractivity (Wildman–Crippen MR) is 122 cm³/mol. The number of amides is 1. The second kappa shape index (κ2) is 9.88. The van der Waals surface area contributed by atoms with Crippen LogP contribution in [0.5, 0.6) is 0 Å². The quantitative estimate of drug-likeness (QED) is 0.251. The molecule has 1 aliphatic rings. The van der Waals surface area contributed by atoms with Gasteiger partial charge in [0.2, 0.25) is 0 Å². The van der Waals surface area contributed by atoms with E-state index >= 15 is 0 Å². The molecule has 1 aromatic heterocycles. The molecule has 160 valence electrons. The standard InChI is InChI=1S/C23H19N5O3S/c1-27-15-21(31-26-27)25-20(29)16-32-23-24-19(14-8-11-17-9-4-2-5-10-17)22(30)28(23)18-12-6-3-7-13-18/h2-15H,16H2,1H3/b11-8+,19-14+. The van der Waals surface area contributed by atoms with Gasteiger partial charge in [-0.3, -0.25) is 14.2 Å². The van der Waals surface area contributed by atoms with Crippen molar-refractivity contribution >= 4 is 46.4 Å². The Morgan fingerprint density at radius 1 is 1.19 bits per heavy atom. The molecule has 1 aliphatic heterocycles. The van der Waals surface area contributed by atoms with E-state index in [4.69, 9.17) is 4.52 Å². The van der Waals surface area contributed by atoms with E-state index in [2.05, 4.69) is 15.3 Å². The summed E-state index contributed by atoms with van der Waals surface area (Å²) in [6.07, 6.45) is 6.84. The van der Waals surface area contributed by atoms with Crippen molar-refractivity contribution in [1.82, 2.24) is 5.27 Å². The fourth-order valence-electron chi connectivity index (χ4n) is 2.87. The summed E-state index contributed by atoms with van der Waals surface area (Å²) in [5.41, 5.74) is 1.97. The third-order valence-corrected chi connectivity index (χ3v) is 5.23. The van der Waals surface area contributed by atoms with Gasteiger partial charge in [-0.2, -0.15) is 0 Å². The number of hydrogen-bond donors (Lipinski definition) is 0. The van der Waals surface area contributed by atoms with Gasteiger partial charge in [0.1, 0.15) is 5.70 Å². The summed E-state index contributed by atoms with van der Waals surface area (Å²) >= 11 is 1.14. The average molecular weight is 446 g/mol. The average Bonchev–Trinajstić information content (AvgIpc) is 3.36. The van der Waals surface area contributed by atoms with Gasteiger partial charge < -0.3 is 5.11 Å². The van der Waals surface area contributed by atoms with Crippen molar-refractivity contribution in [2.24, 2.45) is 17.0 Å². The SMILES string of the molecule is C[n+]1cc(/N=C(\[O-])CSC2=N/C(=C/C=C/c3ccccc3)C(=O)N2c2ccccc2)on1. The van der Waals surface area contributed by atoms with Gasteiger partial charge >= 0.3 is 5.88 Å². The van der Waals surface area contributed by atoms with E-state index in [9.17, 15) is 9.90 Å². The summed E-state index contributed by atoms with van der Waals surface area (Å²) in [7, 11) is 1.67. The number of amidine groups is 1. The van der Waals surface area contributed by atoms with E-state index < -0.39 is 5.90 Å². The molecule has 0 unspecified atom stereocenters. The number of aliphatic imine (C=N–C) groups is 2. The fraction of sp³-hybridized carbons (Fsp3) is 0.0870. The van der Waals surface area contributed by atoms with Crippen LogP contribution in [0, 0.1) is 0 Å². The van der Waals surface area contributed by atoms with Gasteiger partial charge in [0, 0.05) is 5.75 Å². The van der Waals surface area contributed by atoms with Crippen LogP contribution in [-0.2, 0) is 11.8 Å². The second-order valence-corrected chi connectivity index (χ2v) is 7.64. The Morgan fingerprint density at radius 3 is 2.59 bits per heavy atom. The molecule has 0 aliphatic carbocycles. The zero-order valence-electron chi connectivity index (χ0n) is 17.2. The molecule has 2 heterocycles. The van der Waals surface area contributed by atoms with E-state index in [-0.39, 0.29) is 23.2 Å². The fourth-order valence-corrected chi connectivity index (χ4v) is 3.67. The Hall–Kier alpha value is -3.98. The van der Waals surface area contributed by atoms with Crippen molar-refractivity contribution in [2.45, 2.75) is 0 Å². The first-order valence-electron chi connectivity index (χ1n) is 9.72. The molecule has 0 spiro atoms. The summed E-state index contributed by atoms with van der Waals surface area (Å²) in [5, 5.41) is 16.3. The lowest BCUT2D eigenvalue weighted by Gasteiger charge is -2.18. The number of nitrogens with zero attached hydrogens (tertiary/aromatic N) is 5. The number of carbonyl (C=O) groups is 1. The first-order chi connectivity index (χ1) is 15.6. The van der Waals surface area contributed by atoms with Crippen molar-refractivity contribution in [1.29, 1.82) is 0 Å². The van der Waals surface area contributed by atoms with Gasteiger partial charge in [0.15, 0.2) is 17.5 Å². The maximum Gasteiger partial charge on any atom is 0.320 e. The maximum absolute atomic E-state index is 13.1. The van der Waals surface area contributed by atoms with Crippen LogP contribution in [0.1, 0.15) is 5.56 Å². The molecule has 0 saturated carbocycles. The molecule has 32 heavy (non-hydrogen) atoms. The van der Waals surface area contributed by atoms with Crippen LogP contribution in [0.25, 0.3) is 6.08 Å². The Bertz CT molecular complexity index is 1220. The van der Waals surface area contributed by atoms with Crippen molar-refractivity contribution in [2.75, 3.05) is 10.7 Å². The third-order valence-electron chi connectivity index (χ3n) is 4.31. The first kappa shape index (κ1) is 21.3. The van der Waals surface area contributed by atoms with Crippen LogP contribution in [0.4, 0.5) is 11.6 Å². The number of thioether (sulfide) groups is 1. The van der Waals surface area contributed by atoms with Crippen LogP contribution in [0.2, 0.25) is 0 Å². The Kier molecular flexibility index (Phi) is 6.57. The number of hydrogen-bond acceptors (Lipinski definition) is 7. The number of aryl methyl sites for hydroxylation is 1. The van der Waals surface area contributed by atoms with Gasteiger partial charge in [-0.05, 0) is 29.7 Å². The molecule has 2 aromatic carbocycles. The van der Waals surface area contributed by atoms with Gasteiger partial charge in [0.25, 0.3) is 12.1 Å². The number of benzene rings is 2. The minimum Gasteiger partial charge on any atom is -0.861 e. The molecule has 0 radical (unpaired) electrons. The van der Waals surface area contributed by atoms with Crippen LogP contribution in [0.15, 0.2) is 99.2 Å². The highest BCUT2D eigenvalue weighted by Crippen LogP contribution is 2.28. The molecule has 1 amide bonds. The highest BCUT2D eigenvalue weighted by Gasteiger charge is 2.31. The third kappa shape index (κ3) is 5.19. The van der Waals surface area contributed by atoms with Crippen molar-refractivity contribution < 1.29 is 19.1 Å². The lowest BCUT2D eigenvalue weighted by Crippen LogP contribution is -2.31. The monoisotopic (exact) mass is 445 g/mol. The number of carbonyl (C=O) groups excluding carboxylic acids is 1. The molecule has 9 heteroatoms. The van der Waals surface area contributed by atoms with Gasteiger partial charge in [-0.1, -0.05) is 77.1 Å². The Balaban J connectivity index is 1.55. The highest BCUT2D eigenvalue weighted by atomic mass is 32.2. The number of anilines is 1. The zero-order valence-corrected chi connectivity index (χ0v) is 18.0. The van der Waals surface area contributed by atoms with Gasteiger partial charge in [-0.25, -0.2) is 9.98 Å². The Labute approximate surface area is 188 Å². The topological polar surface area (TPSA) is 98.0 Å². The lowest BCUT2D eigenvalue weighted by molar-refractivity contribution is -0.739. The summed E-state index contributed by atoms with van der Waals surface area (Å²) in [4.78, 5) is 22.9. The molecule has 4 rings (SSSR count). The normalized spacial score (nSPS) is 15.7. The molecular weight excluding hydrogens is 426 g/mol. The first-order valence-corrected chi connectivity index (χ1v) is 10.7. The number of para-hydroxylation sites is 1. The van der Waals surface area contributed by atoms with Crippen molar-refractivity contribution in [3.8, 4) is 0 Å². The van der Waals surface area contributed by atoms with Crippen LogP contribution in [-0.4, -0.2) is 28.0 Å². The van der Waals surface area contributed by atoms with Crippen LogP contribution >= 0.6 is 11.8 Å². The summed E-state index contributed by atoms with van der Waals surface area (Å²) in [6, 6.07) is 18.9. The molecule has 8 nitrogen and oxygen atoms in total. The predicted octanol–water partition coefficient (Wildman–Crippen LogP) is 2.62. The van der Waals surface area contributed by atoms with E-state index in [1.807, 2.05) is 66.7 Å². The summed E-state index contributed by atoms with van der Waals surface area (Å²) in [6.45, 7) is 0. The summed E-state index contributed by atoms with van der Waals surface area (Å²) in [5.74, 6) is -0.569. The van der Waals surface area contributed by atoms with E-state index in [0.29, 0.717) is 10.9 Å². The van der Waals surface area contributed by atoms with Gasteiger partial charge in [0.05, 0.1) is 5.69 Å². The molecule has 0 fully saturated rings. The summed E-state index contributed by atoms with van der Waals surface area (Å²) < 4.78 is 6.33. The smallest absolute Gasteiger partial charge is 0.320 e. The van der Waals surface area contributed by atoms with Crippen LogP contribution in [0.3, 0.4) is 0 Å². The highest BCUT2D eigenvalue weighted by molar-refractivity contribution is 8.14. The largest absolute Gasteiger partial charge is 0.861 e. The maximum atomic E-state index is 13.1. The number of allylic oxidation sites excluding steroid dienone is 2. The second-order valence-electron chi connectivity index (χ2n) is 6.70. The number of rotatable bonds is 6. The molecule has 0 saturated heterocycles. The molecule has 0 atom stereocenters. The number of aromatic nitrogens is 2. The molecule has 0 bridgehead atoms. The molecular formula is C23H19N5O3S. The van der Waals surface area contributed by atoms with Gasteiger partial charge in [-0.15, -0.1) is 0 Å². The van der Waals surface area contributed by atoms with Crippen LogP contribution < -0.4 is 14.7 Å². The molecule has 0 N–H and O–H groups in total. The van der Waals surface area contributed by atoms with Crippen molar-refractivity contribution in [3.05, 3.63) is 90.3 Å². The minimum atomic E-state index is -0.420. The molecule has 3 aromatic rings. The zero-order chi connectivity index (χ0) is 22.3. The van der Waals surface area contributed by atoms with E-state index in [1.165, 1.54) is 15.8 Å². The minimum absolute atomic E-state index is 0.00695. The van der Waals surface area contributed by atoms with E-state index in [0.717, 1.165) is 17.3 Å². The van der Waals surface area contributed by atoms with E-state index in [1.54, 1.807) is 19.2 Å². The Morgan fingerprint density at radius 2 is 1.91 bits per heavy atom. The van der Waals surface area contributed by atoms with Crippen molar-refractivity contribution in [3.63, 3.8) is 0 Å².